The molecule has 0 spiro atoms. The zero-order valence-corrected chi connectivity index (χ0v) is 4.43. The molecule has 0 heterocycles. The van der Waals surface area contributed by atoms with Crippen LogP contribution >= 0.6 is 7.82 Å². The van der Waals surface area contributed by atoms with E-state index in [9.17, 15) is 0 Å². The summed E-state index contributed by atoms with van der Waals surface area (Å²) in [4.78, 5) is 25.6. The zero-order chi connectivity index (χ0) is 4.50. The normalized spacial score (nSPS) is 9.83. The van der Waals surface area contributed by atoms with E-state index in [1.54, 1.807) is 0 Å². The molecule has 0 atom stereocenters. The van der Waals surface area contributed by atoms with E-state index in [2.05, 4.69) is 0 Å². The van der Waals surface area contributed by atoms with Crippen LogP contribution in [0.4, 0.5) is 0 Å². The van der Waals surface area contributed by atoms with Crippen LogP contribution in [0, 0.1) is 0 Å². The van der Waals surface area contributed by atoms with Crippen molar-refractivity contribution in [3.8, 4) is 0 Å². The molecule has 0 N–H and O–H groups in total. The fourth-order valence-electron chi connectivity index (χ4n) is 0. The molecule has 4 nitrogen and oxygen atoms in total. The summed E-state index contributed by atoms with van der Waals surface area (Å²) in [5, 5.41) is 0. The van der Waals surface area contributed by atoms with Crippen molar-refractivity contribution in [3.05, 3.63) is 0 Å². The molecule has 6 heavy (non-hydrogen) atoms. The van der Waals surface area contributed by atoms with Crippen molar-refractivity contribution in [1.82, 2.24) is 0 Å². The summed E-state index contributed by atoms with van der Waals surface area (Å²) in [6, 6.07) is 0. The topological polar surface area (TPSA) is 86.2 Å². The van der Waals surface area contributed by atoms with E-state index < -0.39 is 7.82 Å². The predicted octanol–water partition coefficient (Wildman–Crippen LogP) is -2.83. The molecule has 0 rings (SSSR count). The van der Waals surface area contributed by atoms with Crippen LogP contribution in [0.2, 0.25) is 0 Å². The molecule has 0 radical (unpaired) electrons. The Bertz CT molecular complexity index is 53.7. The average molecular weight is 151 g/mol. The standard InChI is InChI=1S/Fe.H3O4P/c;1-5(2,3)4/h;(H3,1,2,3,4)/p-3. The molecule has 6 heteroatoms. The van der Waals surface area contributed by atoms with E-state index in [0.717, 1.165) is 0 Å². The van der Waals surface area contributed by atoms with E-state index in [1.165, 1.54) is 0 Å². The first-order valence-electron chi connectivity index (χ1n) is 0.730. The van der Waals surface area contributed by atoms with Gasteiger partial charge in [0.2, 0.25) is 0 Å². The van der Waals surface area contributed by atoms with Gasteiger partial charge in [-0.25, -0.2) is 0 Å². The SMILES string of the molecule is O=P([O-])([O-])[O-].[Fe]. The molecular weight excluding hydrogens is 151 g/mol. The number of hydrogen-bond donors (Lipinski definition) is 0. The van der Waals surface area contributed by atoms with Gasteiger partial charge in [0.05, 0.1) is 0 Å². The zero-order valence-electron chi connectivity index (χ0n) is 2.43. The molecule has 0 saturated heterocycles. The van der Waals surface area contributed by atoms with Crippen LogP contribution in [0.3, 0.4) is 0 Å². The summed E-state index contributed by atoms with van der Waals surface area (Å²) in [7, 11) is -5.39. The third-order valence-electron chi connectivity index (χ3n) is 0. The summed E-state index contributed by atoms with van der Waals surface area (Å²) >= 11 is 0. The molecule has 0 saturated carbocycles. The second-order valence-corrected chi connectivity index (χ2v) is 1.34. The van der Waals surface area contributed by atoms with Gasteiger partial charge >= 0.3 is 0 Å². The fourth-order valence-corrected chi connectivity index (χ4v) is 0. The van der Waals surface area contributed by atoms with Gasteiger partial charge in [-0.05, 0) is 0 Å². The van der Waals surface area contributed by atoms with E-state index in [4.69, 9.17) is 19.2 Å². The largest absolute Gasteiger partial charge is 0.822 e. The van der Waals surface area contributed by atoms with E-state index in [0.29, 0.717) is 0 Å². The monoisotopic (exact) mass is 151 g/mol. The second-order valence-electron chi connectivity index (χ2n) is 0.447. The summed E-state index contributed by atoms with van der Waals surface area (Å²) in [5.74, 6) is 0. The Morgan fingerprint density at radius 2 is 1.17 bits per heavy atom. The number of rotatable bonds is 0. The molecule has 40 valence electrons. The van der Waals surface area contributed by atoms with E-state index in [-0.39, 0.29) is 17.1 Å². The minimum atomic E-state index is -5.39. The van der Waals surface area contributed by atoms with Crippen molar-refractivity contribution >= 4 is 7.82 Å². The van der Waals surface area contributed by atoms with Crippen molar-refractivity contribution in [3.63, 3.8) is 0 Å². The third kappa shape index (κ3) is 154. The molecular formula is FeO4P-3. The molecule has 0 aromatic rings. The van der Waals surface area contributed by atoms with Gasteiger partial charge in [0, 0.05) is 17.1 Å². The Hall–Kier alpha value is 0.629. The molecule has 0 fully saturated rings. The first kappa shape index (κ1) is 9.80. The maximum Gasteiger partial charge on any atom is 0 e. The maximum atomic E-state index is 8.55. The van der Waals surface area contributed by atoms with Crippen molar-refractivity contribution in [2.75, 3.05) is 0 Å². The summed E-state index contributed by atoms with van der Waals surface area (Å²) < 4.78 is 8.55. The van der Waals surface area contributed by atoms with Gasteiger partial charge in [-0.2, -0.15) is 7.82 Å². The van der Waals surface area contributed by atoms with Crippen molar-refractivity contribution in [2.45, 2.75) is 0 Å². The first-order valence-corrected chi connectivity index (χ1v) is 2.19. The quantitative estimate of drug-likeness (QED) is 0.275. The molecule has 0 aliphatic carbocycles. The van der Waals surface area contributed by atoms with Gasteiger partial charge < -0.3 is 19.2 Å². The summed E-state index contributed by atoms with van der Waals surface area (Å²) in [6.07, 6.45) is 0. The Morgan fingerprint density at radius 3 is 1.17 bits per heavy atom. The van der Waals surface area contributed by atoms with Crippen LogP contribution in [0.25, 0.3) is 0 Å². The molecule has 0 bridgehead atoms. The minimum Gasteiger partial charge on any atom is -0.822 e. The van der Waals surface area contributed by atoms with Crippen LogP contribution in [0.1, 0.15) is 0 Å². The molecule has 0 amide bonds. The fraction of sp³-hybridized carbons (Fsp3) is 0. The molecule has 0 unspecified atom stereocenters. The molecule has 0 aliphatic heterocycles. The van der Waals surface area contributed by atoms with Crippen LogP contribution in [0.15, 0.2) is 0 Å². The van der Waals surface area contributed by atoms with Crippen LogP contribution in [-0.4, -0.2) is 0 Å². The van der Waals surface area contributed by atoms with Gasteiger partial charge in [0.15, 0.2) is 0 Å². The van der Waals surface area contributed by atoms with Crippen LogP contribution in [-0.2, 0) is 21.6 Å². The smallest absolute Gasteiger partial charge is 0 e. The Balaban J connectivity index is 0. The minimum absolute atomic E-state index is 0. The van der Waals surface area contributed by atoms with Gasteiger partial charge in [-0.3, -0.25) is 0 Å². The van der Waals surface area contributed by atoms with E-state index in [1.807, 2.05) is 0 Å². The summed E-state index contributed by atoms with van der Waals surface area (Å²) in [5.41, 5.74) is 0. The number of phosphoric acid groups is 1. The van der Waals surface area contributed by atoms with Crippen LogP contribution < -0.4 is 14.7 Å². The van der Waals surface area contributed by atoms with E-state index >= 15 is 0 Å². The maximum absolute atomic E-state index is 8.55. The molecule has 0 aromatic heterocycles. The van der Waals surface area contributed by atoms with Crippen molar-refractivity contribution in [1.29, 1.82) is 0 Å². The van der Waals surface area contributed by atoms with Gasteiger partial charge in [-0.15, -0.1) is 0 Å². The average Bonchev–Trinajstić information content (AvgIpc) is 0.722. The summed E-state index contributed by atoms with van der Waals surface area (Å²) in [6.45, 7) is 0. The van der Waals surface area contributed by atoms with Crippen molar-refractivity contribution in [2.24, 2.45) is 0 Å². The van der Waals surface area contributed by atoms with Gasteiger partial charge in [-0.1, -0.05) is 0 Å². The Kier molecular flexibility index (Phi) is 4.49. The molecule has 0 aromatic carbocycles. The van der Waals surface area contributed by atoms with Gasteiger partial charge in [0.1, 0.15) is 0 Å². The Morgan fingerprint density at radius 1 is 1.17 bits per heavy atom. The number of hydrogen-bond acceptors (Lipinski definition) is 4. The first-order chi connectivity index (χ1) is 2.00. The van der Waals surface area contributed by atoms with Crippen LogP contribution in [0.5, 0.6) is 0 Å². The van der Waals surface area contributed by atoms with Gasteiger partial charge in [0.25, 0.3) is 0 Å². The second kappa shape index (κ2) is 2.75. The predicted molar refractivity (Wildman–Crippen MR) is 7.61 cm³/mol. The van der Waals surface area contributed by atoms with Crippen molar-refractivity contribution < 1.29 is 36.3 Å². The Labute approximate surface area is 44.9 Å². The molecule has 0 aliphatic rings. The third-order valence-corrected chi connectivity index (χ3v) is 0.